The molecule has 0 saturated heterocycles. The molecule has 0 saturated carbocycles. The number of hydrogen-bond acceptors (Lipinski definition) is 3. The van der Waals surface area contributed by atoms with Crippen molar-refractivity contribution in [3.8, 4) is 0 Å². The SMILES string of the molecule is CC1(C)CN(C(=O)c2ccc(F)cc2)C=C(C(N)=O)c2cn[nH]c21. The lowest BCUT2D eigenvalue weighted by molar-refractivity contribution is -0.112. The van der Waals surface area contributed by atoms with E-state index >= 15 is 0 Å². The van der Waals surface area contributed by atoms with Crippen molar-refractivity contribution in [2.75, 3.05) is 6.54 Å². The van der Waals surface area contributed by atoms with Gasteiger partial charge in [-0.25, -0.2) is 4.39 Å². The van der Waals surface area contributed by atoms with E-state index < -0.39 is 17.1 Å². The predicted octanol–water partition coefficient (Wildman–Crippen LogP) is 1.81. The van der Waals surface area contributed by atoms with Gasteiger partial charge in [0.2, 0.25) is 0 Å². The number of halogens is 1. The van der Waals surface area contributed by atoms with E-state index in [1.807, 2.05) is 13.8 Å². The molecule has 0 unspecified atom stereocenters. The maximum Gasteiger partial charge on any atom is 0.257 e. The molecule has 0 radical (unpaired) electrons. The third kappa shape index (κ3) is 2.68. The van der Waals surface area contributed by atoms with Crippen molar-refractivity contribution in [3.05, 3.63) is 59.3 Å². The van der Waals surface area contributed by atoms with Crippen LogP contribution in [0.2, 0.25) is 0 Å². The zero-order valence-electron chi connectivity index (χ0n) is 13.3. The molecule has 1 aromatic heterocycles. The average Bonchev–Trinajstić information content (AvgIpc) is 2.97. The molecule has 0 bridgehead atoms. The molecule has 1 aliphatic heterocycles. The highest BCUT2D eigenvalue weighted by atomic mass is 19.1. The van der Waals surface area contributed by atoms with Crippen LogP contribution in [0.3, 0.4) is 0 Å². The van der Waals surface area contributed by atoms with Crippen molar-refractivity contribution >= 4 is 17.4 Å². The van der Waals surface area contributed by atoms with Gasteiger partial charge in [0.1, 0.15) is 5.82 Å². The third-order valence-corrected chi connectivity index (χ3v) is 4.07. The maximum atomic E-state index is 13.1. The summed E-state index contributed by atoms with van der Waals surface area (Å²) in [5.41, 5.74) is 6.87. The second kappa shape index (κ2) is 5.59. The minimum Gasteiger partial charge on any atom is -0.366 e. The van der Waals surface area contributed by atoms with Gasteiger partial charge in [0.15, 0.2) is 0 Å². The van der Waals surface area contributed by atoms with E-state index in [1.54, 1.807) is 0 Å². The van der Waals surface area contributed by atoms with E-state index in [1.165, 1.54) is 41.6 Å². The van der Waals surface area contributed by atoms with E-state index in [4.69, 9.17) is 5.73 Å². The summed E-state index contributed by atoms with van der Waals surface area (Å²) >= 11 is 0. The number of benzene rings is 1. The van der Waals surface area contributed by atoms with Crippen molar-refractivity contribution in [2.24, 2.45) is 5.73 Å². The summed E-state index contributed by atoms with van der Waals surface area (Å²) in [7, 11) is 0. The van der Waals surface area contributed by atoms with E-state index in [9.17, 15) is 14.0 Å². The van der Waals surface area contributed by atoms with Gasteiger partial charge in [-0.05, 0) is 24.3 Å². The minimum absolute atomic E-state index is 0.208. The molecular formula is C17H17FN4O2. The Hall–Kier alpha value is -2.96. The highest BCUT2D eigenvalue weighted by Gasteiger charge is 2.35. The first kappa shape index (κ1) is 15.9. The number of nitrogens with two attached hydrogens (primary N) is 1. The molecule has 2 heterocycles. The molecule has 2 aromatic rings. The van der Waals surface area contributed by atoms with Crippen LogP contribution in [0.1, 0.15) is 35.5 Å². The smallest absolute Gasteiger partial charge is 0.257 e. The molecule has 0 aliphatic carbocycles. The first-order valence-electron chi connectivity index (χ1n) is 7.42. The van der Waals surface area contributed by atoms with Gasteiger partial charge in [-0.15, -0.1) is 0 Å². The monoisotopic (exact) mass is 328 g/mol. The van der Waals surface area contributed by atoms with Crippen LogP contribution in [0, 0.1) is 5.82 Å². The van der Waals surface area contributed by atoms with Crippen LogP contribution in [-0.4, -0.2) is 33.5 Å². The number of carbonyl (C=O) groups excluding carboxylic acids is 2. The Bertz CT molecular complexity index is 837. The molecule has 0 atom stereocenters. The molecule has 3 rings (SSSR count). The number of fused-ring (bicyclic) bond motifs is 1. The standard InChI is InChI=1S/C17H17FN4O2/c1-17(2)9-22(16(24)10-3-5-11(18)6-4-10)8-13(15(19)23)12-7-20-21-14(12)17/h3-8H,9H2,1-2H3,(H2,19,23)(H,20,21). The van der Waals surface area contributed by atoms with Crippen molar-refractivity contribution in [2.45, 2.75) is 19.3 Å². The van der Waals surface area contributed by atoms with Gasteiger partial charge < -0.3 is 10.6 Å². The molecule has 1 aliphatic rings. The second-order valence-corrected chi connectivity index (χ2v) is 6.39. The number of primary amides is 1. The van der Waals surface area contributed by atoms with Gasteiger partial charge in [0.25, 0.3) is 11.8 Å². The Morgan fingerprint density at radius 1 is 1.29 bits per heavy atom. The highest BCUT2D eigenvalue weighted by Crippen LogP contribution is 2.33. The number of carbonyl (C=O) groups is 2. The van der Waals surface area contributed by atoms with E-state index in [0.29, 0.717) is 17.7 Å². The average molecular weight is 328 g/mol. The quantitative estimate of drug-likeness (QED) is 0.880. The number of hydrogen-bond donors (Lipinski definition) is 2. The fourth-order valence-corrected chi connectivity index (χ4v) is 2.87. The predicted molar refractivity (Wildman–Crippen MR) is 86.2 cm³/mol. The van der Waals surface area contributed by atoms with E-state index in [0.717, 1.165) is 5.69 Å². The molecule has 3 N–H and O–H groups in total. The summed E-state index contributed by atoms with van der Waals surface area (Å²) in [5, 5.41) is 6.89. The van der Waals surface area contributed by atoms with Gasteiger partial charge >= 0.3 is 0 Å². The fraction of sp³-hybridized carbons (Fsp3) is 0.235. The molecule has 7 heteroatoms. The maximum absolute atomic E-state index is 13.1. The van der Waals surface area contributed by atoms with Crippen LogP contribution in [0.5, 0.6) is 0 Å². The van der Waals surface area contributed by atoms with Crippen LogP contribution in [-0.2, 0) is 10.2 Å². The lowest BCUT2D eigenvalue weighted by Gasteiger charge is -2.28. The molecule has 0 spiro atoms. The third-order valence-electron chi connectivity index (χ3n) is 4.07. The summed E-state index contributed by atoms with van der Waals surface area (Å²) in [6.07, 6.45) is 2.97. The lowest BCUT2D eigenvalue weighted by Crippen LogP contribution is -2.37. The Kier molecular flexibility index (Phi) is 3.71. The number of nitrogens with zero attached hydrogens (tertiary/aromatic N) is 2. The Morgan fingerprint density at radius 2 is 1.96 bits per heavy atom. The zero-order valence-corrected chi connectivity index (χ0v) is 13.3. The number of aromatic nitrogens is 2. The van der Waals surface area contributed by atoms with Crippen LogP contribution >= 0.6 is 0 Å². The fourth-order valence-electron chi connectivity index (χ4n) is 2.87. The highest BCUT2D eigenvalue weighted by molar-refractivity contribution is 6.19. The summed E-state index contributed by atoms with van der Waals surface area (Å²) in [6.45, 7) is 4.19. The van der Waals surface area contributed by atoms with Gasteiger partial charge in [-0.1, -0.05) is 13.8 Å². The molecule has 2 amide bonds. The van der Waals surface area contributed by atoms with Crippen molar-refractivity contribution in [1.29, 1.82) is 0 Å². The largest absolute Gasteiger partial charge is 0.366 e. The Balaban J connectivity index is 2.07. The second-order valence-electron chi connectivity index (χ2n) is 6.39. The normalized spacial score (nSPS) is 16.1. The molecular weight excluding hydrogens is 311 g/mol. The number of H-pyrrole nitrogens is 1. The van der Waals surface area contributed by atoms with E-state index in [2.05, 4.69) is 10.2 Å². The number of aromatic amines is 1. The van der Waals surface area contributed by atoms with Crippen molar-refractivity contribution in [1.82, 2.24) is 15.1 Å². The van der Waals surface area contributed by atoms with Crippen LogP contribution < -0.4 is 5.73 Å². The van der Waals surface area contributed by atoms with Crippen molar-refractivity contribution in [3.63, 3.8) is 0 Å². The Morgan fingerprint density at radius 3 is 2.58 bits per heavy atom. The summed E-state index contributed by atoms with van der Waals surface area (Å²) in [6, 6.07) is 5.27. The number of amides is 2. The summed E-state index contributed by atoms with van der Waals surface area (Å²) < 4.78 is 13.1. The Labute approximate surface area is 138 Å². The lowest BCUT2D eigenvalue weighted by atomic mass is 9.86. The molecule has 1 aromatic carbocycles. The van der Waals surface area contributed by atoms with Gasteiger partial charge in [0.05, 0.1) is 17.5 Å². The van der Waals surface area contributed by atoms with Crippen LogP contribution in [0.15, 0.2) is 36.7 Å². The molecule has 6 nitrogen and oxygen atoms in total. The van der Waals surface area contributed by atoms with Crippen LogP contribution in [0.4, 0.5) is 4.39 Å². The van der Waals surface area contributed by atoms with Crippen LogP contribution in [0.25, 0.3) is 5.57 Å². The molecule has 124 valence electrons. The van der Waals surface area contributed by atoms with Crippen molar-refractivity contribution < 1.29 is 14.0 Å². The zero-order chi connectivity index (χ0) is 17.5. The minimum atomic E-state index is -0.646. The topological polar surface area (TPSA) is 92.1 Å². The molecule has 24 heavy (non-hydrogen) atoms. The number of nitrogens with one attached hydrogen (secondary N) is 1. The first-order chi connectivity index (χ1) is 11.3. The number of rotatable bonds is 2. The van der Waals surface area contributed by atoms with Gasteiger partial charge in [0, 0.05) is 29.3 Å². The van der Waals surface area contributed by atoms with Gasteiger partial charge in [-0.3, -0.25) is 14.7 Å². The van der Waals surface area contributed by atoms with Gasteiger partial charge in [-0.2, -0.15) is 5.10 Å². The first-order valence-corrected chi connectivity index (χ1v) is 7.42. The molecule has 0 fully saturated rings. The summed E-state index contributed by atoms with van der Waals surface area (Å²) in [4.78, 5) is 26.1. The summed E-state index contributed by atoms with van der Waals surface area (Å²) in [5.74, 6) is -1.40. The van der Waals surface area contributed by atoms with E-state index in [-0.39, 0.29) is 11.5 Å².